The van der Waals surface area contributed by atoms with Crippen LogP contribution < -0.4 is 11.2 Å². The number of benzene rings is 1. The van der Waals surface area contributed by atoms with E-state index < -0.39 is 0 Å². The average Bonchev–Trinajstić information content (AvgIpc) is 2.03. The minimum Gasteiger partial charge on any atom is -0.384 e. The Bertz CT molecular complexity index is 389. The molecular weight excluding hydrogens is 147 g/mol. The van der Waals surface area contributed by atoms with Gasteiger partial charge in [-0.1, -0.05) is 17.6 Å². The van der Waals surface area contributed by atoms with Crippen molar-refractivity contribution in [1.29, 1.82) is 0 Å². The van der Waals surface area contributed by atoms with Gasteiger partial charge in [-0.15, -0.1) is 0 Å². The molecule has 0 fully saturated rings. The van der Waals surface area contributed by atoms with Gasteiger partial charge in [-0.05, 0) is 18.2 Å². The minimum absolute atomic E-state index is 0.577. The lowest BCUT2D eigenvalue weighted by Crippen LogP contribution is -2.01. The summed E-state index contributed by atoms with van der Waals surface area (Å²) in [7, 11) is 2.05. The quantitative estimate of drug-likeness (QED) is 0.548. The van der Waals surface area contributed by atoms with Gasteiger partial charge >= 0.3 is 0 Å². The van der Waals surface area contributed by atoms with Crippen molar-refractivity contribution >= 4 is 30.0 Å². The number of nitrogens with zero attached hydrogens (tertiary/aromatic N) is 1. The van der Waals surface area contributed by atoms with E-state index in [1.165, 1.54) is 5.46 Å². The van der Waals surface area contributed by atoms with Gasteiger partial charge in [0.2, 0.25) is 0 Å². The molecule has 2 aromatic rings. The van der Waals surface area contributed by atoms with E-state index in [4.69, 9.17) is 5.73 Å². The Morgan fingerprint density at radius 2 is 1.92 bits per heavy atom. The van der Waals surface area contributed by atoms with Gasteiger partial charge in [-0.3, -0.25) is 0 Å². The number of rotatable bonds is 0. The second-order valence-corrected chi connectivity index (χ2v) is 2.93. The maximum absolute atomic E-state index is 5.56. The number of hydrogen-bond acceptors (Lipinski definition) is 2. The summed E-state index contributed by atoms with van der Waals surface area (Å²) in [6, 6.07) is 9.96. The van der Waals surface area contributed by atoms with Crippen molar-refractivity contribution in [2.45, 2.75) is 0 Å². The number of nitrogens with two attached hydrogens (primary N) is 1. The van der Waals surface area contributed by atoms with E-state index in [2.05, 4.69) is 17.1 Å². The molecule has 0 saturated carbocycles. The molecule has 0 aliphatic rings. The largest absolute Gasteiger partial charge is 0.384 e. The highest BCUT2D eigenvalue weighted by Crippen LogP contribution is 2.10. The van der Waals surface area contributed by atoms with E-state index >= 15 is 0 Å². The van der Waals surface area contributed by atoms with Crippen molar-refractivity contribution < 1.29 is 0 Å². The molecule has 0 atom stereocenters. The molecule has 2 rings (SSSR count). The maximum Gasteiger partial charge on any atom is 0.139 e. The first-order valence-corrected chi connectivity index (χ1v) is 3.88. The smallest absolute Gasteiger partial charge is 0.139 e. The molecule has 1 aromatic heterocycles. The molecule has 2 nitrogen and oxygen atoms in total. The number of aromatic nitrogens is 1. The van der Waals surface area contributed by atoms with Crippen LogP contribution in [0.5, 0.6) is 0 Å². The van der Waals surface area contributed by atoms with E-state index in [9.17, 15) is 0 Å². The molecule has 0 spiro atoms. The van der Waals surface area contributed by atoms with Crippen molar-refractivity contribution in [3.63, 3.8) is 0 Å². The van der Waals surface area contributed by atoms with E-state index in [-0.39, 0.29) is 0 Å². The monoisotopic (exact) mass is 156 g/mol. The summed E-state index contributed by atoms with van der Waals surface area (Å²) in [5, 5.41) is 1.13. The third kappa shape index (κ3) is 1.14. The zero-order valence-electron chi connectivity index (χ0n) is 6.91. The Morgan fingerprint density at radius 3 is 2.75 bits per heavy atom. The Morgan fingerprint density at radius 1 is 1.17 bits per heavy atom. The van der Waals surface area contributed by atoms with Gasteiger partial charge in [0.25, 0.3) is 0 Å². The predicted octanol–water partition coefficient (Wildman–Crippen LogP) is 0.0754. The van der Waals surface area contributed by atoms with Crippen LogP contribution in [0, 0.1) is 0 Å². The van der Waals surface area contributed by atoms with E-state index in [1.54, 1.807) is 0 Å². The van der Waals surface area contributed by atoms with Gasteiger partial charge in [0.15, 0.2) is 0 Å². The molecule has 2 N–H and O–H groups in total. The molecule has 3 heteroatoms. The standard InChI is InChI=1S/C9H9BN2/c10-7-3-1-6-2-4-9(11)12-8(6)5-7/h1-5H,10H2,(H2,11,12). The molecule has 0 aliphatic heterocycles. The fourth-order valence-electron chi connectivity index (χ4n) is 1.24. The van der Waals surface area contributed by atoms with Gasteiger partial charge in [-0.2, -0.15) is 0 Å². The molecular formula is C9H9BN2. The third-order valence-corrected chi connectivity index (χ3v) is 1.87. The lowest BCUT2D eigenvalue weighted by molar-refractivity contribution is 1.42. The summed E-state index contributed by atoms with van der Waals surface area (Å²) in [5.41, 5.74) is 7.74. The highest BCUT2D eigenvalue weighted by atomic mass is 14.8. The number of pyridine rings is 1. The third-order valence-electron chi connectivity index (χ3n) is 1.87. The van der Waals surface area contributed by atoms with Crippen LogP contribution in [0.15, 0.2) is 30.3 Å². The van der Waals surface area contributed by atoms with Gasteiger partial charge in [0.1, 0.15) is 13.7 Å². The molecule has 0 unspecified atom stereocenters. The van der Waals surface area contributed by atoms with Crippen molar-refractivity contribution in [1.82, 2.24) is 4.98 Å². The summed E-state index contributed by atoms with van der Waals surface area (Å²) in [5.74, 6) is 0.577. The van der Waals surface area contributed by atoms with Gasteiger partial charge in [0.05, 0.1) is 5.52 Å². The number of anilines is 1. The molecule has 58 valence electrons. The molecule has 12 heavy (non-hydrogen) atoms. The van der Waals surface area contributed by atoms with Crippen LogP contribution in [0.3, 0.4) is 0 Å². The number of hydrogen-bond donors (Lipinski definition) is 1. The summed E-state index contributed by atoms with van der Waals surface area (Å²) in [6.45, 7) is 0. The topological polar surface area (TPSA) is 38.9 Å². The Kier molecular flexibility index (Phi) is 1.50. The second kappa shape index (κ2) is 2.52. The van der Waals surface area contributed by atoms with Crippen LogP contribution >= 0.6 is 0 Å². The molecule has 1 aromatic carbocycles. The van der Waals surface area contributed by atoms with Gasteiger partial charge in [0, 0.05) is 5.39 Å². The van der Waals surface area contributed by atoms with Crippen LogP contribution in [0.25, 0.3) is 10.9 Å². The summed E-state index contributed by atoms with van der Waals surface area (Å²) >= 11 is 0. The SMILES string of the molecule is Bc1ccc2ccc(N)nc2c1. The summed E-state index contributed by atoms with van der Waals surface area (Å²) in [6.07, 6.45) is 0. The van der Waals surface area contributed by atoms with Crippen molar-refractivity contribution in [2.75, 3.05) is 5.73 Å². The van der Waals surface area contributed by atoms with Crippen LogP contribution in [0.2, 0.25) is 0 Å². The number of nitrogen functional groups attached to an aromatic ring is 1. The Labute approximate surface area is 71.8 Å². The van der Waals surface area contributed by atoms with E-state index in [1.807, 2.05) is 26.0 Å². The fraction of sp³-hybridized carbons (Fsp3) is 0. The zero-order valence-corrected chi connectivity index (χ0v) is 6.91. The molecule has 0 bridgehead atoms. The normalized spacial score (nSPS) is 10.3. The molecule has 0 aliphatic carbocycles. The van der Waals surface area contributed by atoms with Crippen LogP contribution in [-0.4, -0.2) is 12.8 Å². The first-order valence-electron chi connectivity index (χ1n) is 3.88. The van der Waals surface area contributed by atoms with Crippen molar-refractivity contribution in [3.05, 3.63) is 30.3 Å². The van der Waals surface area contributed by atoms with Crippen LogP contribution in [-0.2, 0) is 0 Å². The van der Waals surface area contributed by atoms with E-state index in [0.717, 1.165) is 10.9 Å². The van der Waals surface area contributed by atoms with Crippen LogP contribution in [0.1, 0.15) is 0 Å². The van der Waals surface area contributed by atoms with Crippen LogP contribution in [0.4, 0.5) is 5.82 Å². The summed E-state index contributed by atoms with van der Waals surface area (Å²) < 4.78 is 0. The Hall–Kier alpha value is -1.51. The molecule has 1 heterocycles. The van der Waals surface area contributed by atoms with Gasteiger partial charge < -0.3 is 5.73 Å². The zero-order chi connectivity index (χ0) is 8.55. The molecule has 0 saturated heterocycles. The van der Waals surface area contributed by atoms with Crippen molar-refractivity contribution in [3.8, 4) is 0 Å². The fourth-order valence-corrected chi connectivity index (χ4v) is 1.24. The maximum atomic E-state index is 5.56. The number of fused-ring (bicyclic) bond motifs is 1. The minimum atomic E-state index is 0.577. The first-order chi connectivity index (χ1) is 5.75. The molecule has 0 amide bonds. The first kappa shape index (κ1) is 7.16. The lowest BCUT2D eigenvalue weighted by Gasteiger charge is -1.99. The lowest BCUT2D eigenvalue weighted by atomic mass is 9.95. The second-order valence-electron chi connectivity index (χ2n) is 2.93. The van der Waals surface area contributed by atoms with Gasteiger partial charge in [-0.25, -0.2) is 4.98 Å². The highest BCUT2D eigenvalue weighted by Gasteiger charge is 1.94. The average molecular weight is 156 g/mol. The molecule has 0 radical (unpaired) electrons. The predicted molar refractivity (Wildman–Crippen MR) is 54.3 cm³/mol. The summed E-state index contributed by atoms with van der Waals surface area (Å²) in [4.78, 5) is 4.21. The highest BCUT2D eigenvalue weighted by molar-refractivity contribution is 6.33. The Balaban J connectivity index is 2.80. The van der Waals surface area contributed by atoms with E-state index in [0.29, 0.717) is 5.82 Å². The van der Waals surface area contributed by atoms with Crippen molar-refractivity contribution in [2.24, 2.45) is 0 Å².